The van der Waals surface area contributed by atoms with E-state index in [2.05, 4.69) is 41.2 Å². The number of esters is 3. The second kappa shape index (κ2) is 11.5. The van der Waals surface area contributed by atoms with Crippen molar-refractivity contribution in [2.75, 3.05) is 13.7 Å². The molecule has 5 fully saturated rings. The second-order valence-corrected chi connectivity index (χ2v) is 17.0. The lowest BCUT2D eigenvalue weighted by Crippen LogP contribution is -2.69. The van der Waals surface area contributed by atoms with Crippen LogP contribution in [0.5, 0.6) is 0 Å². The molecule has 0 spiro atoms. The van der Waals surface area contributed by atoms with Crippen molar-refractivity contribution < 1.29 is 28.6 Å². The van der Waals surface area contributed by atoms with Crippen LogP contribution < -0.4 is 0 Å². The summed E-state index contributed by atoms with van der Waals surface area (Å²) in [6, 6.07) is 9.34. The van der Waals surface area contributed by atoms with Gasteiger partial charge in [-0.25, -0.2) is 4.79 Å². The van der Waals surface area contributed by atoms with E-state index in [-0.39, 0.29) is 63.4 Å². The Morgan fingerprint density at radius 1 is 0.848 bits per heavy atom. The van der Waals surface area contributed by atoms with Crippen LogP contribution in [0.2, 0.25) is 0 Å². The minimum absolute atomic E-state index is 0.0644. The van der Waals surface area contributed by atoms with Crippen molar-refractivity contribution in [2.45, 2.75) is 112 Å². The van der Waals surface area contributed by atoms with Crippen molar-refractivity contribution in [3.8, 4) is 0 Å². The van der Waals surface area contributed by atoms with E-state index >= 15 is 0 Å². The van der Waals surface area contributed by atoms with Crippen LogP contribution in [0.3, 0.4) is 0 Å². The normalized spacial score (nSPS) is 42.3. The number of allylic oxidation sites excluding steroid dienone is 1. The lowest BCUT2D eigenvalue weighted by atomic mass is 9.32. The Balaban J connectivity index is 1.44. The molecular formula is C40H56O6. The highest BCUT2D eigenvalue weighted by atomic mass is 16.5. The third kappa shape index (κ3) is 4.65. The molecule has 0 amide bonds. The number of carbonyl (C=O) groups excluding carboxylic acids is 3. The van der Waals surface area contributed by atoms with Gasteiger partial charge in [0.15, 0.2) is 0 Å². The molecule has 10 atom stereocenters. The molecule has 46 heavy (non-hydrogen) atoms. The zero-order valence-electron chi connectivity index (χ0n) is 29.3. The third-order valence-electron chi connectivity index (χ3n) is 15.0. The SMILES string of the molecule is C=C(C)C1CCC2(C(=O)OC)CCC3(COC(=O)c4ccccc4)C(CCC4C5(C)CCC(OC(C)=O)C(C)(C)C5CCC43C)C12. The van der Waals surface area contributed by atoms with E-state index in [4.69, 9.17) is 14.2 Å². The van der Waals surface area contributed by atoms with Crippen molar-refractivity contribution in [3.63, 3.8) is 0 Å². The van der Waals surface area contributed by atoms with Crippen molar-refractivity contribution in [1.82, 2.24) is 0 Å². The molecule has 5 aliphatic carbocycles. The lowest BCUT2D eigenvalue weighted by molar-refractivity contribution is -0.263. The maximum absolute atomic E-state index is 13.8. The topological polar surface area (TPSA) is 78.9 Å². The van der Waals surface area contributed by atoms with Gasteiger partial charge in [-0.2, -0.15) is 0 Å². The van der Waals surface area contributed by atoms with Gasteiger partial charge in [0.05, 0.1) is 24.7 Å². The molecule has 6 nitrogen and oxygen atoms in total. The Labute approximate surface area is 276 Å². The zero-order chi connectivity index (χ0) is 33.3. The maximum atomic E-state index is 13.8. The first kappa shape index (κ1) is 33.3. The number of hydrogen-bond acceptors (Lipinski definition) is 6. The van der Waals surface area contributed by atoms with Gasteiger partial charge in [-0.05, 0) is 124 Å². The van der Waals surface area contributed by atoms with Gasteiger partial charge >= 0.3 is 17.9 Å². The minimum Gasteiger partial charge on any atom is -0.469 e. The average Bonchev–Trinajstić information content (AvgIpc) is 3.42. The summed E-state index contributed by atoms with van der Waals surface area (Å²) in [6.45, 7) is 18.1. The summed E-state index contributed by atoms with van der Waals surface area (Å²) in [7, 11) is 1.54. The van der Waals surface area contributed by atoms with Gasteiger partial charge in [-0.3, -0.25) is 9.59 Å². The predicted octanol–water partition coefficient (Wildman–Crippen LogP) is 8.59. The molecule has 5 aliphatic rings. The van der Waals surface area contributed by atoms with Crippen LogP contribution >= 0.6 is 0 Å². The number of carbonyl (C=O) groups is 3. The van der Waals surface area contributed by atoms with Crippen LogP contribution in [0.1, 0.15) is 116 Å². The number of methoxy groups -OCH3 is 1. The molecule has 6 heteroatoms. The van der Waals surface area contributed by atoms with Crippen LogP contribution in [0.25, 0.3) is 0 Å². The Kier molecular flexibility index (Phi) is 8.33. The van der Waals surface area contributed by atoms with Gasteiger partial charge in [-0.1, -0.05) is 58.0 Å². The van der Waals surface area contributed by atoms with Crippen molar-refractivity contribution in [2.24, 2.45) is 56.7 Å². The fraction of sp³-hybridized carbons (Fsp3) is 0.725. The first-order valence-electron chi connectivity index (χ1n) is 17.8. The second-order valence-electron chi connectivity index (χ2n) is 17.0. The fourth-order valence-corrected chi connectivity index (χ4v) is 13.1. The number of rotatable bonds is 6. The van der Waals surface area contributed by atoms with Crippen molar-refractivity contribution >= 4 is 17.9 Å². The van der Waals surface area contributed by atoms with Crippen molar-refractivity contribution in [1.29, 1.82) is 0 Å². The highest BCUT2D eigenvalue weighted by Crippen LogP contribution is 2.78. The first-order valence-corrected chi connectivity index (χ1v) is 17.8. The number of ether oxygens (including phenoxy) is 3. The standard InChI is InChI=1S/C40H56O6/c1-25(2)28-16-21-39(35(43)44-8)22-23-40(24-45-34(42)27-12-10-9-11-13-27)29(33(28)39)14-15-31-37(6)19-18-32(46-26(3)41)36(4,5)30(37)17-20-38(31,40)7/h9-13,28-33H,1,14-24H2,2-8H3. The van der Waals surface area contributed by atoms with Crippen molar-refractivity contribution in [3.05, 3.63) is 48.0 Å². The molecular weight excluding hydrogens is 576 g/mol. The number of benzene rings is 1. The van der Waals surface area contributed by atoms with Gasteiger partial charge in [-0.15, -0.1) is 0 Å². The maximum Gasteiger partial charge on any atom is 0.338 e. The van der Waals surface area contributed by atoms with E-state index in [9.17, 15) is 14.4 Å². The molecule has 0 saturated heterocycles. The molecule has 0 aromatic heterocycles. The molecule has 1 aromatic rings. The van der Waals surface area contributed by atoms with Crippen LogP contribution in [-0.2, 0) is 23.8 Å². The van der Waals surface area contributed by atoms with Crippen LogP contribution in [0.15, 0.2) is 42.5 Å². The smallest absolute Gasteiger partial charge is 0.338 e. The Hall–Kier alpha value is -2.63. The molecule has 0 radical (unpaired) electrons. The van der Waals surface area contributed by atoms with Gasteiger partial charge in [0.2, 0.25) is 0 Å². The summed E-state index contributed by atoms with van der Waals surface area (Å²) in [5, 5.41) is 0. The number of fused-ring (bicyclic) bond motifs is 7. The van der Waals surface area contributed by atoms with Crippen LogP contribution in [0, 0.1) is 56.7 Å². The van der Waals surface area contributed by atoms with Gasteiger partial charge < -0.3 is 14.2 Å². The summed E-state index contributed by atoms with van der Waals surface area (Å²) in [4.78, 5) is 39.5. The Bertz CT molecular complexity index is 1380. The van der Waals surface area contributed by atoms with E-state index < -0.39 is 5.41 Å². The van der Waals surface area contributed by atoms with E-state index in [0.717, 1.165) is 69.8 Å². The summed E-state index contributed by atoms with van der Waals surface area (Å²) in [5.41, 5.74) is 0.792. The Morgan fingerprint density at radius 3 is 2.22 bits per heavy atom. The third-order valence-corrected chi connectivity index (χ3v) is 15.0. The molecule has 0 N–H and O–H groups in total. The van der Waals surface area contributed by atoms with Gasteiger partial charge in [0, 0.05) is 17.8 Å². The van der Waals surface area contributed by atoms with Crippen LogP contribution in [-0.4, -0.2) is 37.7 Å². The number of hydrogen-bond donors (Lipinski definition) is 0. The van der Waals surface area contributed by atoms with Crippen LogP contribution in [0.4, 0.5) is 0 Å². The molecule has 252 valence electrons. The molecule has 0 heterocycles. The van der Waals surface area contributed by atoms with E-state index in [1.165, 1.54) is 6.92 Å². The quantitative estimate of drug-likeness (QED) is 0.178. The van der Waals surface area contributed by atoms with E-state index in [1.54, 1.807) is 7.11 Å². The summed E-state index contributed by atoms with van der Waals surface area (Å²) >= 11 is 0. The summed E-state index contributed by atoms with van der Waals surface area (Å²) in [5.74, 6) is 0.920. The summed E-state index contributed by atoms with van der Waals surface area (Å²) in [6.07, 6.45) is 9.40. The summed E-state index contributed by atoms with van der Waals surface area (Å²) < 4.78 is 18.0. The molecule has 0 aliphatic heterocycles. The Morgan fingerprint density at radius 2 is 1.57 bits per heavy atom. The molecule has 6 rings (SSSR count). The van der Waals surface area contributed by atoms with E-state index in [0.29, 0.717) is 24.0 Å². The highest BCUT2D eigenvalue weighted by Gasteiger charge is 2.74. The molecule has 10 unspecified atom stereocenters. The monoisotopic (exact) mass is 632 g/mol. The highest BCUT2D eigenvalue weighted by molar-refractivity contribution is 5.89. The fourth-order valence-electron chi connectivity index (χ4n) is 13.1. The zero-order valence-corrected chi connectivity index (χ0v) is 29.3. The minimum atomic E-state index is -0.510. The predicted molar refractivity (Wildman–Crippen MR) is 178 cm³/mol. The van der Waals surface area contributed by atoms with Gasteiger partial charge in [0.1, 0.15) is 6.10 Å². The average molecular weight is 633 g/mol. The molecule has 1 aromatic carbocycles. The van der Waals surface area contributed by atoms with Gasteiger partial charge in [0.25, 0.3) is 0 Å². The molecule has 5 saturated carbocycles. The first-order chi connectivity index (χ1) is 21.7. The van der Waals surface area contributed by atoms with E-state index in [1.807, 2.05) is 30.3 Å². The molecule has 0 bridgehead atoms. The lowest BCUT2D eigenvalue weighted by Gasteiger charge is -2.73. The largest absolute Gasteiger partial charge is 0.469 e.